The largest absolute Gasteiger partial charge is 0.416 e. The second kappa shape index (κ2) is 11.1. The van der Waals surface area contributed by atoms with E-state index in [1.54, 1.807) is 29.0 Å². The number of para-hydroxylation sites is 1. The summed E-state index contributed by atoms with van der Waals surface area (Å²) < 4.78 is 41.3. The minimum atomic E-state index is -4.39. The number of halogens is 4. The second-order valence-electron chi connectivity index (χ2n) is 9.55. The highest BCUT2D eigenvalue weighted by Gasteiger charge is 2.32. The zero-order valence-electron chi connectivity index (χ0n) is 21.6. The number of amidine groups is 1. The maximum atomic E-state index is 13.2. The van der Waals surface area contributed by atoms with Crippen molar-refractivity contribution < 1.29 is 18.0 Å². The molecule has 0 atom stereocenters. The van der Waals surface area contributed by atoms with E-state index >= 15 is 0 Å². The maximum Gasteiger partial charge on any atom is 0.416 e. The molecule has 0 saturated carbocycles. The highest BCUT2D eigenvalue weighted by molar-refractivity contribution is 8.18. The molecule has 2 aliphatic heterocycles. The van der Waals surface area contributed by atoms with E-state index in [9.17, 15) is 18.0 Å². The number of hydrogen-bond donors (Lipinski definition) is 0. The highest BCUT2D eigenvalue weighted by atomic mass is 35.5. The molecule has 1 aromatic heterocycles. The number of thioether (sulfide) groups is 1. The number of carbonyl (C=O) groups excluding carboxylic acids is 1. The third-order valence-corrected chi connectivity index (χ3v) is 8.16. The zero-order chi connectivity index (χ0) is 28.6. The summed E-state index contributed by atoms with van der Waals surface area (Å²) >= 11 is 7.40. The van der Waals surface area contributed by atoms with Gasteiger partial charge in [0.2, 0.25) is 0 Å². The van der Waals surface area contributed by atoms with E-state index in [0.29, 0.717) is 52.7 Å². The summed E-state index contributed by atoms with van der Waals surface area (Å²) in [5, 5.41) is 6.01. The molecule has 3 aromatic carbocycles. The summed E-state index contributed by atoms with van der Waals surface area (Å²) in [6.07, 6.45) is -0.703. The number of aliphatic imine (C=N–C) groups is 1. The van der Waals surface area contributed by atoms with Crippen LogP contribution in [0.4, 0.5) is 18.9 Å². The zero-order valence-corrected chi connectivity index (χ0v) is 23.1. The number of nitrogens with zero attached hydrogens (tertiary/aromatic N) is 5. The number of piperazine rings is 1. The third-order valence-electron chi connectivity index (χ3n) is 6.87. The van der Waals surface area contributed by atoms with Crippen molar-refractivity contribution in [3.8, 4) is 16.9 Å². The van der Waals surface area contributed by atoms with E-state index in [2.05, 4.69) is 4.99 Å². The lowest BCUT2D eigenvalue weighted by Gasteiger charge is -2.36. The number of rotatable bonds is 4. The highest BCUT2D eigenvalue weighted by Crippen LogP contribution is 2.35. The Labute approximate surface area is 243 Å². The van der Waals surface area contributed by atoms with Crippen LogP contribution in [0.25, 0.3) is 23.0 Å². The van der Waals surface area contributed by atoms with Crippen LogP contribution in [0.15, 0.2) is 95.0 Å². The molecule has 1 fully saturated rings. The van der Waals surface area contributed by atoms with Crippen molar-refractivity contribution in [3.63, 3.8) is 0 Å². The summed E-state index contributed by atoms with van der Waals surface area (Å²) in [4.78, 5) is 21.6. The van der Waals surface area contributed by atoms with Crippen LogP contribution in [0.1, 0.15) is 11.1 Å². The Bertz CT molecular complexity index is 1640. The van der Waals surface area contributed by atoms with Gasteiger partial charge < -0.3 is 9.80 Å². The lowest BCUT2D eigenvalue weighted by Crippen LogP contribution is -2.47. The first-order valence-electron chi connectivity index (χ1n) is 12.9. The lowest BCUT2D eigenvalue weighted by atomic mass is 10.1. The topological polar surface area (TPSA) is 53.7 Å². The summed E-state index contributed by atoms with van der Waals surface area (Å²) in [5.74, 6) is -0.333. The lowest BCUT2D eigenvalue weighted by molar-refractivity contribution is -0.137. The van der Waals surface area contributed by atoms with Crippen LogP contribution in [0.2, 0.25) is 5.02 Å². The number of anilines is 1. The van der Waals surface area contributed by atoms with Gasteiger partial charge in [-0.15, -0.1) is 0 Å². The minimum Gasteiger partial charge on any atom is -0.368 e. The van der Waals surface area contributed by atoms with Crippen molar-refractivity contribution in [2.75, 3.05) is 31.1 Å². The molecule has 1 amide bonds. The van der Waals surface area contributed by atoms with Gasteiger partial charge in [-0.3, -0.25) is 4.79 Å². The van der Waals surface area contributed by atoms with Gasteiger partial charge >= 0.3 is 6.18 Å². The first kappa shape index (κ1) is 27.2. The van der Waals surface area contributed by atoms with Gasteiger partial charge in [-0.25, -0.2) is 4.68 Å². The second-order valence-corrected chi connectivity index (χ2v) is 11.0. The SMILES string of the molecule is O=C1N=C(N2CCN(c3cccc(C(F)(F)F)c3)CC2)S/C1=C\c1cn(-c2ccccc2)nc1-c1ccc(Cl)cc1. The maximum absolute atomic E-state index is 13.2. The molecule has 41 heavy (non-hydrogen) atoms. The van der Waals surface area contributed by atoms with Crippen LogP contribution >= 0.6 is 23.4 Å². The van der Waals surface area contributed by atoms with Gasteiger partial charge in [0.1, 0.15) is 0 Å². The van der Waals surface area contributed by atoms with Crippen LogP contribution < -0.4 is 4.90 Å². The molecule has 4 aromatic rings. The number of amides is 1. The van der Waals surface area contributed by atoms with Crippen LogP contribution in [-0.2, 0) is 11.0 Å². The first-order chi connectivity index (χ1) is 19.7. The van der Waals surface area contributed by atoms with Gasteiger partial charge in [0.15, 0.2) is 5.17 Å². The van der Waals surface area contributed by atoms with Crippen molar-refractivity contribution in [1.82, 2.24) is 14.7 Å². The third kappa shape index (κ3) is 5.89. The molecule has 11 heteroatoms. The molecule has 3 heterocycles. The smallest absolute Gasteiger partial charge is 0.368 e. The van der Waals surface area contributed by atoms with Crippen LogP contribution in [0.3, 0.4) is 0 Å². The molecule has 0 radical (unpaired) electrons. The molecule has 6 nitrogen and oxygen atoms in total. The number of benzene rings is 3. The number of hydrogen-bond acceptors (Lipinski definition) is 5. The van der Waals surface area contributed by atoms with E-state index in [-0.39, 0.29) is 5.91 Å². The summed E-state index contributed by atoms with van der Waals surface area (Å²) in [5.41, 5.74) is 3.07. The Kier molecular flexibility index (Phi) is 7.35. The standard InChI is InChI=1S/C30H23ClF3N5OS/c31-23-11-9-20(10-12-23)27-21(19-39(36-27)24-6-2-1-3-7-24)17-26-28(40)35-29(41-26)38-15-13-37(14-16-38)25-8-4-5-22(18-25)30(32,33)34/h1-12,17-19H,13-16H2/b26-17-. The van der Waals surface area contributed by atoms with Crippen molar-refractivity contribution in [3.05, 3.63) is 106 Å². The average Bonchev–Trinajstić information content (AvgIpc) is 3.57. The van der Waals surface area contributed by atoms with Crippen molar-refractivity contribution in [2.45, 2.75) is 6.18 Å². The normalized spacial score (nSPS) is 16.9. The van der Waals surface area contributed by atoms with Crippen molar-refractivity contribution in [2.24, 2.45) is 4.99 Å². The Morgan fingerprint density at radius 2 is 1.54 bits per heavy atom. The molecule has 0 unspecified atom stereocenters. The number of aromatic nitrogens is 2. The minimum absolute atomic E-state index is 0.333. The Morgan fingerprint density at radius 1 is 0.854 bits per heavy atom. The summed E-state index contributed by atoms with van der Waals surface area (Å²) in [6.45, 7) is 2.09. The monoisotopic (exact) mass is 593 g/mol. The van der Waals surface area contributed by atoms with Gasteiger partial charge in [0.05, 0.1) is 21.8 Å². The molecule has 6 rings (SSSR count). The molecular weight excluding hydrogens is 571 g/mol. The summed E-state index contributed by atoms with van der Waals surface area (Å²) in [6, 6.07) is 22.4. The average molecular weight is 594 g/mol. The predicted octanol–water partition coefficient (Wildman–Crippen LogP) is 7.00. The van der Waals surface area contributed by atoms with Gasteiger partial charge in [0.25, 0.3) is 5.91 Å². The van der Waals surface area contributed by atoms with Gasteiger partial charge in [0, 0.05) is 54.2 Å². The molecule has 2 aliphatic rings. The fourth-order valence-electron chi connectivity index (χ4n) is 4.75. The number of alkyl halides is 3. The van der Waals surface area contributed by atoms with Crippen LogP contribution in [0.5, 0.6) is 0 Å². The molecule has 208 valence electrons. The van der Waals surface area contributed by atoms with E-state index in [0.717, 1.165) is 22.9 Å². The van der Waals surface area contributed by atoms with E-state index in [4.69, 9.17) is 16.7 Å². The van der Waals surface area contributed by atoms with Gasteiger partial charge in [-0.2, -0.15) is 23.3 Å². The predicted molar refractivity (Wildman–Crippen MR) is 157 cm³/mol. The quantitative estimate of drug-likeness (QED) is 0.238. The van der Waals surface area contributed by atoms with E-state index in [1.807, 2.05) is 58.5 Å². The molecule has 0 N–H and O–H groups in total. The molecule has 0 spiro atoms. The molecule has 0 aliphatic carbocycles. The molecule has 1 saturated heterocycles. The first-order valence-corrected chi connectivity index (χ1v) is 14.0. The van der Waals surface area contributed by atoms with Crippen LogP contribution in [0, 0.1) is 0 Å². The summed E-state index contributed by atoms with van der Waals surface area (Å²) in [7, 11) is 0. The number of carbonyl (C=O) groups is 1. The van der Waals surface area contributed by atoms with Crippen LogP contribution in [-0.4, -0.2) is 51.9 Å². The Balaban J connectivity index is 1.20. The van der Waals surface area contributed by atoms with Crippen molar-refractivity contribution >= 4 is 46.2 Å². The fourth-order valence-corrected chi connectivity index (χ4v) is 5.83. The van der Waals surface area contributed by atoms with Crippen molar-refractivity contribution in [1.29, 1.82) is 0 Å². The van der Waals surface area contributed by atoms with Gasteiger partial charge in [-0.1, -0.05) is 48.0 Å². The van der Waals surface area contributed by atoms with Gasteiger partial charge in [-0.05, 0) is 60.3 Å². The Hall–Kier alpha value is -4.02. The molecular formula is C30H23ClF3N5OS. The van der Waals surface area contributed by atoms with E-state index < -0.39 is 11.7 Å². The fraction of sp³-hybridized carbons (Fsp3) is 0.167. The Morgan fingerprint density at radius 3 is 2.24 bits per heavy atom. The molecule has 0 bridgehead atoms. The van der Waals surface area contributed by atoms with E-state index in [1.165, 1.54) is 23.9 Å².